The first-order valence-electron chi connectivity index (χ1n) is 8.46. The molecule has 1 atom stereocenters. The van der Waals surface area contributed by atoms with Crippen molar-refractivity contribution in [1.29, 1.82) is 0 Å². The van der Waals surface area contributed by atoms with Crippen LogP contribution in [-0.4, -0.2) is 50.6 Å². The summed E-state index contributed by atoms with van der Waals surface area (Å²) in [5.74, 6) is 1.97. The number of hydrogen-bond donors (Lipinski definition) is 3. The molecule has 144 valence electrons. The number of benzene rings is 1. The van der Waals surface area contributed by atoms with Crippen LogP contribution in [0.25, 0.3) is 0 Å². The molecule has 0 aliphatic rings. The second-order valence-corrected chi connectivity index (χ2v) is 6.01. The van der Waals surface area contributed by atoms with Gasteiger partial charge in [-0.2, -0.15) is 0 Å². The zero-order chi connectivity index (χ0) is 17.8. The third kappa shape index (κ3) is 11.2. The molecular weight excluding hydrogens is 433 g/mol. The van der Waals surface area contributed by atoms with E-state index in [1.165, 1.54) is 0 Å². The minimum Gasteiger partial charge on any atom is -0.497 e. The average Bonchev–Trinajstić information content (AvgIpc) is 2.57. The molecule has 0 heterocycles. The minimum absolute atomic E-state index is 0. The number of ether oxygens (including phenoxy) is 2. The second kappa shape index (κ2) is 14.1. The molecule has 1 aromatic rings. The third-order valence-electron chi connectivity index (χ3n) is 3.19. The van der Waals surface area contributed by atoms with Crippen LogP contribution in [0.2, 0.25) is 0 Å². The van der Waals surface area contributed by atoms with E-state index in [0.29, 0.717) is 38.2 Å². The van der Waals surface area contributed by atoms with E-state index in [2.05, 4.69) is 29.5 Å². The van der Waals surface area contributed by atoms with E-state index >= 15 is 0 Å². The van der Waals surface area contributed by atoms with E-state index in [1.807, 2.05) is 31.2 Å². The molecule has 0 bridgehead atoms. The van der Waals surface area contributed by atoms with E-state index in [4.69, 9.17) is 9.47 Å². The second-order valence-electron chi connectivity index (χ2n) is 6.01. The van der Waals surface area contributed by atoms with Gasteiger partial charge in [0.05, 0.1) is 26.4 Å². The van der Waals surface area contributed by atoms with Crippen molar-refractivity contribution in [1.82, 2.24) is 10.6 Å². The van der Waals surface area contributed by atoms with Gasteiger partial charge in [-0.25, -0.2) is 4.99 Å². The molecule has 7 heteroatoms. The topological polar surface area (TPSA) is 75.1 Å². The average molecular weight is 465 g/mol. The summed E-state index contributed by atoms with van der Waals surface area (Å²) in [7, 11) is 1.65. The van der Waals surface area contributed by atoms with Gasteiger partial charge >= 0.3 is 0 Å². The highest BCUT2D eigenvalue weighted by Crippen LogP contribution is 2.11. The van der Waals surface area contributed by atoms with Gasteiger partial charge in [-0.15, -0.1) is 24.0 Å². The SMILES string of the molecule is CCNC(=NCc1ccc(OC)cc1)NCC(O)COCC(C)C.I. The fraction of sp³-hybridized carbons (Fsp3) is 0.611. The number of aliphatic hydroxyl groups excluding tert-OH is 1. The Kier molecular flexibility index (Phi) is 13.5. The lowest BCUT2D eigenvalue weighted by molar-refractivity contribution is 0.0280. The van der Waals surface area contributed by atoms with Crippen LogP contribution in [0.4, 0.5) is 0 Å². The predicted octanol–water partition coefficient (Wildman–Crippen LogP) is 2.40. The summed E-state index contributed by atoms with van der Waals surface area (Å²) in [6.45, 7) is 8.86. The van der Waals surface area contributed by atoms with Crippen LogP contribution in [0.3, 0.4) is 0 Å². The molecule has 0 aliphatic heterocycles. The smallest absolute Gasteiger partial charge is 0.191 e. The zero-order valence-corrected chi connectivity index (χ0v) is 17.9. The summed E-state index contributed by atoms with van der Waals surface area (Å²) >= 11 is 0. The Balaban J connectivity index is 0.00000576. The first-order chi connectivity index (χ1) is 11.5. The van der Waals surface area contributed by atoms with Crippen LogP contribution in [0.5, 0.6) is 5.75 Å². The molecule has 0 amide bonds. The van der Waals surface area contributed by atoms with Crippen molar-refractivity contribution in [2.75, 3.05) is 33.4 Å². The van der Waals surface area contributed by atoms with Crippen molar-refractivity contribution in [2.45, 2.75) is 33.4 Å². The molecule has 0 aliphatic carbocycles. The van der Waals surface area contributed by atoms with Crippen LogP contribution in [0.1, 0.15) is 26.3 Å². The molecular formula is C18H32IN3O3. The van der Waals surface area contributed by atoms with Crippen molar-refractivity contribution in [3.8, 4) is 5.75 Å². The van der Waals surface area contributed by atoms with Crippen LogP contribution < -0.4 is 15.4 Å². The Labute approximate surface area is 168 Å². The molecule has 0 aromatic heterocycles. The number of nitrogens with zero attached hydrogens (tertiary/aromatic N) is 1. The fourth-order valence-electron chi connectivity index (χ4n) is 1.96. The molecule has 1 unspecified atom stereocenters. The Morgan fingerprint density at radius 1 is 1.16 bits per heavy atom. The van der Waals surface area contributed by atoms with Gasteiger partial charge in [-0.05, 0) is 30.5 Å². The molecule has 25 heavy (non-hydrogen) atoms. The highest BCUT2D eigenvalue weighted by molar-refractivity contribution is 14.0. The summed E-state index contributed by atoms with van der Waals surface area (Å²) in [5, 5.41) is 16.2. The summed E-state index contributed by atoms with van der Waals surface area (Å²) < 4.78 is 10.6. The third-order valence-corrected chi connectivity index (χ3v) is 3.19. The van der Waals surface area contributed by atoms with E-state index in [1.54, 1.807) is 7.11 Å². The molecule has 0 spiro atoms. The van der Waals surface area contributed by atoms with E-state index in [9.17, 15) is 5.11 Å². The van der Waals surface area contributed by atoms with Gasteiger partial charge in [-0.1, -0.05) is 26.0 Å². The maximum absolute atomic E-state index is 9.94. The van der Waals surface area contributed by atoms with Crippen LogP contribution in [-0.2, 0) is 11.3 Å². The lowest BCUT2D eigenvalue weighted by Crippen LogP contribution is -2.42. The van der Waals surface area contributed by atoms with Gasteiger partial charge in [-0.3, -0.25) is 0 Å². The van der Waals surface area contributed by atoms with Gasteiger partial charge in [0, 0.05) is 19.7 Å². The normalized spacial score (nSPS) is 12.5. The first-order valence-corrected chi connectivity index (χ1v) is 8.46. The maximum atomic E-state index is 9.94. The van der Waals surface area contributed by atoms with E-state index in [0.717, 1.165) is 17.9 Å². The number of rotatable bonds is 10. The lowest BCUT2D eigenvalue weighted by atomic mass is 10.2. The van der Waals surface area contributed by atoms with Crippen LogP contribution in [0.15, 0.2) is 29.3 Å². The van der Waals surface area contributed by atoms with E-state index < -0.39 is 6.10 Å². The monoisotopic (exact) mass is 465 g/mol. The fourth-order valence-corrected chi connectivity index (χ4v) is 1.96. The number of nitrogens with one attached hydrogen (secondary N) is 2. The standard InChI is InChI=1S/C18H31N3O3.HI/c1-5-19-18(21-11-16(22)13-24-12-14(2)3)20-10-15-6-8-17(23-4)9-7-15;/h6-9,14,16,22H,5,10-13H2,1-4H3,(H2,19,20,21);1H. The number of aliphatic hydroxyl groups is 1. The predicted molar refractivity (Wildman–Crippen MR) is 113 cm³/mol. The number of hydrogen-bond acceptors (Lipinski definition) is 4. The van der Waals surface area contributed by atoms with Gasteiger partial charge in [0.2, 0.25) is 0 Å². The maximum Gasteiger partial charge on any atom is 0.191 e. The van der Waals surface area contributed by atoms with Crippen LogP contribution in [0, 0.1) is 5.92 Å². The minimum atomic E-state index is -0.561. The summed E-state index contributed by atoms with van der Waals surface area (Å²) in [6.07, 6.45) is -0.561. The summed E-state index contributed by atoms with van der Waals surface area (Å²) in [6, 6.07) is 7.81. The first kappa shape index (κ1) is 23.9. The van der Waals surface area contributed by atoms with Crippen molar-refractivity contribution in [2.24, 2.45) is 10.9 Å². The van der Waals surface area contributed by atoms with Crippen molar-refractivity contribution >= 4 is 29.9 Å². The molecule has 0 radical (unpaired) electrons. The molecule has 1 rings (SSSR count). The molecule has 0 fully saturated rings. The molecule has 0 saturated carbocycles. The summed E-state index contributed by atoms with van der Waals surface area (Å²) in [4.78, 5) is 4.52. The molecule has 3 N–H and O–H groups in total. The summed E-state index contributed by atoms with van der Waals surface area (Å²) in [5.41, 5.74) is 1.09. The zero-order valence-electron chi connectivity index (χ0n) is 15.6. The van der Waals surface area contributed by atoms with Crippen molar-refractivity contribution in [3.05, 3.63) is 29.8 Å². The van der Waals surface area contributed by atoms with E-state index in [-0.39, 0.29) is 24.0 Å². The molecule has 6 nitrogen and oxygen atoms in total. The quantitative estimate of drug-likeness (QED) is 0.281. The van der Waals surface area contributed by atoms with Crippen molar-refractivity contribution in [3.63, 3.8) is 0 Å². The van der Waals surface area contributed by atoms with Gasteiger partial charge < -0.3 is 25.2 Å². The Morgan fingerprint density at radius 2 is 1.84 bits per heavy atom. The number of halogens is 1. The van der Waals surface area contributed by atoms with Gasteiger partial charge in [0.1, 0.15) is 5.75 Å². The molecule has 0 saturated heterocycles. The highest BCUT2D eigenvalue weighted by Gasteiger charge is 2.06. The molecule has 1 aromatic carbocycles. The number of guanidine groups is 1. The Hall–Kier alpha value is -1.06. The van der Waals surface area contributed by atoms with Gasteiger partial charge in [0.15, 0.2) is 5.96 Å². The van der Waals surface area contributed by atoms with Crippen LogP contribution >= 0.6 is 24.0 Å². The number of methoxy groups -OCH3 is 1. The van der Waals surface area contributed by atoms with Gasteiger partial charge in [0.25, 0.3) is 0 Å². The lowest BCUT2D eigenvalue weighted by Gasteiger charge is -2.16. The number of aliphatic imine (C=N–C) groups is 1. The highest BCUT2D eigenvalue weighted by atomic mass is 127. The largest absolute Gasteiger partial charge is 0.497 e. The van der Waals surface area contributed by atoms with Crippen molar-refractivity contribution < 1.29 is 14.6 Å². The Morgan fingerprint density at radius 3 is 2.40 bits per heavy atom. The Bertz CT molecular complexity index is 481.